The summed E-state index contributed by atoms with van der Waals surface area (Å²) in [7, 11) is 0. The second-order valence-electron chi connectivity index (χ2n) is 4.85. The van der Waals surface area contributed by atoms with Crippen molar-refractivity contribution in [3.05, 3.63) is 39.9 Å². The zero-order valence-corrected chi connectivity index (χ0v) is 12.5. The van der Waals surface area contributed by atoms with Gasteiger partial charge in [0.1, 0.15) is 0 Å². The maximum Gasteiger partial charge on any atom is 0.251 e. The average Bonchev–Trinajstić information content (AvgIpc) is 2.43. The number of nitrogens with one attached hydrogen (secondary N) is 1. The van der Waals surface area contributed by atoms with Crippen LogP contribution in [0.4, 0.5) is 5.69 Å². The van der Waals surface area contributed by atoms with Gasteiger partial charge in [-0.25, -0.2) is 0 Å². The molecule has 0 bridgehead atoms. The van der Waals surface area contributed by atoms with Crippen molar-refractivity contribution in [3.8, 4) is 0 Å². The molecule has 0 spiro atoms. The quantitative estimate of drug-likeness (QED) is 0.656. The molecule has 0 radical (unpaired) electrons. The first-order valence-corrected chi connectivity index (χ1v) is 7.47. The monoisotopic (exact) mass is 322 g/mol. The zero-order chi connectivity index (χ0) is 13.7. The maximum absolute atomic E-state index is 12.0. The number of hydrogen-bond acceptors (Lipinski definition) is 2. The van der Waals surface area contributed by atoms with Crippen molar-refractivity contribution in [2.75, 3.05) is 12.3 Å². The van der Waals surface area contributed by atoms with E-state index < -0.39 is 0 Å². The summed E-state index contributed by atoms with van der Waals surface area (Å²) >= 11 is 3.33. The summed E-state index contributed by atoms with van der Waals surface area (Å²) in [5.41, 5.74) is 8.46. The van der Waals surface area contributed by atoms with Crippen molar-refractivity contribution >= 4 is 27.5 Å². The Morgan fingerprint density at radius 2 is 2.21 bits per heavy atom. The minimum atomic E-state index is -0.0443. The molecular formula is C15H19BrN2O. The highest BCUT2D eigenvalue weighted by molar-refractivity contribution is 9.10. The minimum absolute atomic E-state index is 0.0443. The lowest BCUT2D eigenvalue weighted by atomic mass is 9.97. The number of carbonyl (C=O) groups excluding carboxylic acids is 1. The van der Waals surface area contributed by atoms with Gasteiger partial charge in [-0.2, -0.15) is 0 Å². The molecule has 1 amide bonds. The van der Waals surface area contributed by atoms with Crippen molar-refractivity contribution in [2.45, 2.75) is 32.1 Å². The summed E-state index contributed by atoms with van der Waals surface area (Å²) in [5.74, 6) is -0.0443. The topological polar surface area (TPSA) is 55.1 Å². The largest absolute Gasteiger partial charge is 0.398 e. The molecule has 0 fully saturated rings. The Kier molecular flexibility index (Phi) is 5.02. The fourth-order valence-corrected chi connectivity index (χ4v) is 2.62. The molecule has 0 saturated carbocycles. The van der Waals surface area contributed by atoms with Gasteiger partial charge in [0.25, 0.3) is 5.91 Å². The highest BCUT2D eigenvalue weighted by atomic mass is 79.9. The van der Waals surface area contributed by atoms with E-state index in [-0.39, 0.29) is 5.91 Å². The summed E-state index contributed by atoms with van der Waals surface area (Å²) in [5, 5.41) is 2.95. The van der Waals surface area contributed by atoms with Crippen LogP contribution >= 0.6 is 15.9 Å². The Balaban J connectivity index is 1.83. The van der Waals surface area contributed by atoms with Gasteiger partial charge in [0.05, 0.1) is 0 Å². The van der Waals surface area contributed by atoms with E-state index in [1.54, 1.807) is 18.2 Å². The molecule has 1 aromatic carbocycles. The number of nitrogens with two attached hydrogens (primary N) is 1. The normalized spacial score (nSPS) is 14.9. The SMILES string of the molecule is Nc1ccc(C(=O)NCCC2=CCCCC2)cc1Br. The first-order valence-electron chi connectivity index (χ1n) is 6.68. The summed E-state index contributed by atoms with van der Waals surface area (Å²) in [6.07, 6.45) is 8.23. The highest BCUT2D eigenvalue weighted by Gasteiger charge is 2.08. The van der Waals surface area contributed by atoms with Crippen LogP contribution < -0.4 is 11.1 Å². The van der Waals surface area contributed by atoms with Gasteiger partial charge in [-0.05, 0) is 66.2 Å². The van der Waals surface area contributed by atoms with Crippen LogP contribution in [0.2, 0.25) is 0 Å². The van der Waals surface area contributed by atoms with Crippen LogP contribution in [0.25, 0.3) is 0 Å². The van der Waals surface area contributed by atoms with Gasteiger partial charge in [-0.15, -0.1) is 0 Å². The number of carbonyl (C=O) groups is 1. The van der Waals surface area contributed by atoms with E-state index in [1.165, 1.54) is 31.3 Å². The predicted octanol–water partition coefficient (Wildman–Crippen LogP) is 3.65. The Hall–Kier alpha value is -1.29. The van der Waals surface area contributed by atoms with Gasteiger partial charge in [-0.1, -0.05) is 11.6 Å². The van der Waals surface area contributed by atoms with Crippen LogP contribution in [-0.2, 0) is 0 Å². The number of rotatable bonds is 4. The molecule has 3 nitrogen and oxygen atoms in total. The smallest absolute Gasteiger partial charge is 0.251 e. The van der Waals surface area contributed by atoms with E-state index in [4.69, 9.17) is 5.73 Å². The van der Waals surface area contributed by atoms with Gasteiger partial charge < -0.3 is 11.1 Å². The van der Waals surface area contributed by atoms with Crippen LogP contribution in [0.1, 0.15) is 42.5 Å². The predicted molar refractivity (Wildman–Crippen MR) is 82.1 cm³/mol. The lowest BCUT2D eigenvalue weighted by Crippen LogP contribution is -2.24. The van der Waals surface area contributed by atoms with Gasteiger partial charge >= 0.3 is 0 Å². The van der Waals surface area contributed by atoms with Gasteiger partial charge in [0, 0.05) is 22.3 Å². The molecule has 3 N–H and O–H groups in total. The number of benzene rings is 1. The van der Waals surface area contributed by atoms with Gasteiger partial charge in [-0.3, -0.25) is 4.79 Å². The molecule has 0 aromatic heterocycles. The molecule has 0 atom stereocenters. The molecule has 1 aliphatic rings. The Labute approximate surface area is 122 Å². The van der Waals surface area contributed by atoms with E-state index in [0.29, 0.717) is 17.8 Å². The molecule has 0 unspecified atom stereocenters. The van der Waals surface area contributed by atoms with Crippen LogP contribution in [0.5, 0.6) is 0 Å². The second-order valence-corrected chi connectivity index (χ2v) is 5.70. The van der Waals surface area contributed by atoms with Crippen molar-refractivity contribution in [3.63, 3.8) is 0 Å². The molecule has 2 rings (SSSR count). The average molecular weight is 323 g/mol. The minimum Gasteiger partial charge on any atom is -0.398 e. The number of hydrogen-bond donors (Lipinski definition) is 2. The molecule has 0 aliphatic heterocycles. The van der Waals surface area contributed by atoms with E-state index >= 15 is 0 Å². The number of amides is 1. The molecule has 19 heavy (non-hydrogen) atoms. The Morgan fingerprint density at radius 3 is 2.89 bits per heavy atom. The van der Waals surface area contributed by atoms with Crippen molar-refractivity contribution < 1.29 is 4.79 Å². The molecule has 0 saturated heterocycles. The Bertz CT molecular complexity index is 497. The second kappa shape index (κ2) is 6.75. The van der Waals surface area contributed by atoms with Crippen LogP contribution in [0.3, 0.4) is 0 Å². The lowest BCUT2D eigenvalue weighted by Gasteiger charge is -2.13. The Morgan fingerprint density at radius 1 is 1.37 bits per heavy atom. The zero-order valence-electron chi connectivity index (χ0n) is 10.9. The number of allylic oxidation sites excluding steroid dienone is 1. The van der Waals surface area contributed by atoms with E-state index in [9.17, 15) is 4.79 Å². The molecule has 1 aliphatic carbocycles. The third-order valence-corrected chi connectivity index (χ3v) is 4.07. The lowest BCUT2D eigenvalue weighted by molar-refractivity contribution is 0.0954. The number of nitrogen functional groups attached to an aromatic ring is 1. The molecule has 102 valence electrons. The fourth-order valence-electron chi connectivity index (χ4n) is 2.24. The van der Waals surface area contributed by atoms with Crippen LogP contribution in [-0.4, -0.2) is 12.5 Å². The van der Waals surface area contributed by atoms with Crippen molar-refractivity contribution in [1.29, 1.82) is 0 Å². The summed E-state index contributed by atoms with van der Waals surface area (Å²) in [6, 6.07) is 5.24. The number of anilines is 1. The number of halogens is 1. The van der Waals surface area contributed by atoms with Crippen LogP contribution in [0, 0.1) is 0 Å². The molecule has 1 aromatic rings. The first-order chi connectivity index (χ1) is 9.16. The molecule has 4 heteroatoms. The summed E-state index contributed by atoms with van der Waals surface area (Å²) in [6.45, 7) is 0.701. The maximum atomic E-state index is 12.0. The third kappa shape index (κ3) is 4.10. The third-order valence-electron chi connectivity index (χ3n) is 3.38. The van der Waals surface area contributed by atoms with E-state index in [1.807, 2.05) is 0 Å². The van der Waals surface area contributed by atoms with Gasteiger partial charge in [0.15, 0.2) is 0 Å². The summed E-state index contributed by atoms with van der Waals surface area (Å²) in [4.78, 5) is 12.0. The standard InChI is InChI=1S/C15H19BrN2O/c16-13-10-12(6-7-14(13)17)15(19)18-9-8-11-4-2-1-3-5-11/h4,6-7,10H,1-3,5,8-9,17H2,(H,18,19). The summed E-state index contributed by atoms with van der Waals surface area (Å²) < 4.78 is 0.759. The molecular weight excluding hydrogens is 304 g/mol. The van der Waals surface area contributed by atoms with E-state index in [0.717, 1.165) is 10.9 Å². The van der Waals surface area contributed by atoms with Crippen molar-refractivity contribution in [2.24, 2.45) is 0 Å². The van der Waals surface area contributed by atoms with Gasteiger partial charge in [0.2, 0.25) is 0 Å². The first kappa shape index (κ1) is 14.1. The van der Waals surface area contributed by atoms with E-state index in [2.05, 4.69) is 27.3 Å². The highest BCUT2D eigenvalue weighted by Crippen LogP contribution is 2.21. The fraction of sp³-hybridized carbons (Fsp3) is 0.400. The molecule has 0 heterocycles. The van der Waals surface area contributed by atoms with Crippen LogP contribution in [0.15, 0.2) is 34.3 Å². The van der Waals surface area contributed by atoms with Crippen molar-refractivity contribution in [1.82, 2.24) is 5.32 Å².